The maximum absolute atomic E-state index is 5.34. The second-order valence-electron chi connectivity index (χ2n) is 4.86. The topological polar surface area (TPSA) is 51.1 Å². The molecule has 0 aliphatic heterocycles. The molecule has 0 saturated heterocycles. The Balaban J connectivity index is 1.96. The van der Waals surface area contributed by atoms with E-state index in [0.717, 1.165) is 22.7 Å². The highest BCUT2D eigenvalue weighted by Gasteiger charge is 2.12. The molecule has 0 aliphatic carbocycles. The summed E-state index contributed by atoms with van der Waals surface area (Å²) >= 11 is 5.34. The summed E-state index contributed by atoms with van der Waals surface area (Å²) in [6, 6.07) is 7.72. The summed E-state index contributed by atoms with van der Waals surface area (Å²) in [5.41, 5.74) is 3.18. The highest BCUT2D eigenvalue weighted by Crippen LogP contribution is 2.17. The fourth-order valence-corrected chi connectivity index (χ4v) is 2.35. The van der Waals surface area contributed by atoms with Gasteiger partial charge in [0.25, 0.3) is 0 Å². The zero-order valence-corrected chi connectivity index (χ0v) is 13.5. The van der Waals surface area contributed by atoms with Crippen LogP contribution in [0, 0.1) is 6.92 Å². The van der Waals surface area contributed by atoms with E-state index in [-0.39, 0.29) is 6.04 Å². The maximum Gasteiger partial charge on any atom is 0.171 e. The number of hydrogen-bond donors (Lipinski definition) is 2. The third-order valence-corrected chi connectivity index (χ3v) is 3.66. The Morgan fingerprint density at radius 2 is 2.00 bits per heavy atom. The van der Waals surface area contributed by atoms with E-state index in [4.69, 9.17) is 17.0 Å². The molecule has 0 radical (unpaired) electrons. The molecule has 1 aromatic carbocycles. The number of nitrogens with zero attached hydrogens (tertiary/aromatic N) is 2. The fourth-order valence-electron chi connectivity index (χ4n) is 2.06. The molecule has 5 nitrogen and oxygen atoms in total. The van der Waals surface area contributed by atoms with E-state index in [9.17, 15) is 0 Å². The monoisotopic (exact) mass is 304 g/mol. The van der Waals surface area contributed by atoms with Crippen LogP contribution in [-0.2, 0) is 7.05 Å². The van der Waals surface area contributed by atoms with Crippen LogP contribution in [0.1, 0.15) is 24.2 Å². The first kappa shape index (κ1) is 15.3. The molecule has 0 aliphatic rings. The van der Waals surface area contributed by atoms with Gasteiger partial charge in [0, 0.05) is 24.0 Å². The molecule has 1 atom stereocenters. The van der Waals surface area contributed by atoms with Crippen LogP contribution in [0.2, 0.25) is 0 Å². The van der Waals surface area contributed by atoms with Gasteiger partial charge in [0.15, 0.2) is 5.11 Å². The summed E-state index contributed by atoms with van der Waals surface area (Å²) in [6.45, 7) is 4.10. The number of aromatic nitrogens is 2. The van der Waals surface area contributed by atoms with E-state index in [0.29, 0.717) is 5.11 Å². The van der Waals surface area contributed by atoms with Crippen LogP contribution in [0.5, 0.6) is 5.75 Å². The SMILES string of the molecule is COc1ccc(NC(=S)NC(C)c2cnn(C)c2C)cc1. The lowest BCUT2D eigenvalue weighted by Crippen LogP contribution is -2.31. The third-order valence-electron chi connectivity index (χ3n) is 3.44. The molecule has 6 heteroatoms. The van der Waals surface area contributed by atoms with Crippen molar-refractivity contribution in [3.63, 3.8) is 0 Å². The molecule has 2 rings (SSSR count). The number of ether oxygens (including phenoxy) is 1. The van der Waals surface area contributed by atoms with Crippen molar-refractivity contribution in [1.29, 1.82) is 0 Å². The first-order chi connectivity index (χ1) is 10.0. The predicted molar refractivity (Wildman–Crippen MR) is 88.7 cm³/mol. The summed E-state index contributed by atoms with van der Waals surface area (Å²) in [4.78, 5) is 0. The Morgan fingerprint density at radius 3 is 2.52 bits per heavy atom. The number of thiocarbonyl (C=S) groups is 1. The van der Waals surface area contributed by atoms with Gasteiger partial charge in [-0.1, -0.05) is 0 Å². The highest BCUT2D eigenvalue weighted by atomic mass is 32.1. The molecule has 2 aromatic rings. The Morgan fingerprint density at radius 1 is 1.33 bits per heavy atom. The molecule has 0 bridgehead atoms. The second kappa shape index (κ2) is 6.58. The minimum absolute atomic E-state index is 0.0944. The summed E-state index contributed by atoms with van der Waals surface area (Å²) in [7, 11) is 3.58. The van der Waals surface area contributed by atoms with E-state index in [1.165, 1.54) is 0 Å². The molecule has 21 heavy (non-hydrogen) atoms. The van der Waals surface area contributed by atoms with Gasteiger partial charge < -0.3 is 15.4 Å². The van der Waals surface area contributed by atoms with Crippen molar-refractivity contribution in [3.05, 3.63) is 41.7 Å². The molecule has 112 valence electrons. The van der Waals surface area contributed by atoms with Crippen molar-refractivity contribution in [2.45, 2.75) is 19.9 Å². The smallest absolute Gasteiger partial charge is 0.171 e. The quantitative estimate of drug-likeness (QED) is 0.851. The zero-order chi connectivity index (χ0) is 15.4. The predicted octanol–water partition coefficient (Wildman–Crippen LogP) is 2.78. The Hall–Kier alpha value is -2.08. The lowest BCUT2D eigenvalue weighted by atomic mass is 10.1. The summed E-state index contributed by atoms with van der Waals surface area (Å²) in [5.74, 6) is 0.818. The Bertz CT molecular complexity index is 621. The van der Waals surface area contributed by atoms with Crippen molar-refractivity contribution in [2.24, 2.45) is 7.05 Å². The van der Waals surface area contributed by atoms with Gasteiger partial charge in [-0.15, -0.1) is 0 Å². The normalized spacial score (nSPS) is 11.8. The Kier molecular flexibility index (Phi) is 4.80. The van der Waals surface area contributed by atoms with Crippen LogP contribution in [0.3, 0.4) is 0 Å². The number of methoxy groups -OCH3 is 1. The fraction of sp³-hybridized carbons (Fsp3) is 0.333. The van der Waals surface area contributed by atoms with Gasteiger partial charge in [-0.25, -0.2) is 0 Å². The number of rotatable bonds is 4. The first-order valence-corrected chi connectivity index (χ1v) is 7.12. The van der Waals surface area contributed by atoms with Crippen molar-refractivity contribution in [3.8, 4) is 5.75 Å². The first-order valence-electron chi connectivity index (χ1n) is 6.71. The van der Waals surface area contributed by atoms with Crippen molar-refractivity contribution in [1.82, 2.24) is 15.1 Å². The van der Waals surface area contributed by atoms with E-state index in [1.54, 1.807) is 7.11 Å². The van der Waals surface area contributed by atoms with Crippen LogP contribution in [-0.4, -0.2) is 22.0 Å². The van der Waals surface area contributed by atoms with Gasteiger partial charge in [0.1, 0.15) is 5.75 Å². The van der Waals surface area contributed by atoms with Crippen molar-refractivity contribution in [2.75, 3.05) is 12.4 Å². The molecule has 1 unspecified atom stereocenters. The second-order valence-corrected chi connectivity index (χ2v) is 5.27. The molecular formula is C15H20N4OS. The number of anilines is 1. The number of aryl methyl sites for hydroxylation is 1. The van der Waals surface area contributed by atoms with Crippen LogP contribution < -0.4 is 15.4 Å². The van der Waals surface area contributed by atoms with Crippen molar-refractivity contribution >= 4 is 23.0 Å². The molecule has 0 saturated carbocycles. The summed E-state index contributed by atoms with van der Waals surface area (Å²) in [5, 5.41) is 11.2. The molecule has 1 aromatic heterocycles. The van der Waals surface area contributed by atoms with Gasteiger partial charge in [-0.3, -0.25) is 4.68 Å². The molecule has 0 amide bonds. The molecular weight excluding hydrogens is 284 g/mol. The average Bonchev–Trinajstić information content (AvgIpc) is 2.79. The minimum Gasteiger partial charge on any atom is -0.497 e. The third kappa shape index (κ3) is 3.72. The highest BCUT2D eigenvalue weighted by molar-refractivity contribution is 7.80. The van der Waals surface area contributed by atoms with Gasteiger partial charge in [-0.2, -0.15) is 5.10 Å². The lowest BCUT2D eigenvalue weighted by Gasteiger charge is -2.17. The Labute approximate surface area is 130 Å². The molecule has 0 spiro atoms. The zero-order valence-electron chi connectivity index (χ0n) is 12.7. The van der Waals surface area contributed by atoms with Crippen LogP contribution >= 0.6 is 12.2 Å². The van der Waals surface area contributed by atoms with Gasteiger partial charge in [0.2, 0.25) is 0 Å². The van der Waals surface area contributed by atoms with Gasteiger partial charge in [0.05, 0.1) is 19.3 Å². The average molecular weight is 304 g/mol. The van der Waals surface area contributed by atoms with Crippen LogP contribution in [0.15, 0.2) is 30.5 Å². The number of benzene rings is 1. The maximum atomic E-state index is 5.34. The largest absolute Gasteiger partial charge is 0.497 e. The number of nitrogens with one attached hydrogen (secondary N) is 2. The van der Waals surface area contributed by atoms with Gasteiger partial charge >= 0.3 is 0 Å². The van der Waals surface area contributed by atoms with Crippen LogP contribution in [0.25, 0.3) is 0 Å². The standard InChI is InChI=1S/C15H20N4OS/c1-10(14-9-16-19(3)11(14)2)17-15(21)18-12-5-7-13(20-4)8-6-12/h5-10H,1-4H3,(H2,17,18,21). The molecule has 1 heterocycles. The van der Waals surface area contributed by atoms with E-state index >= 15 is 0 Å². The van der Waals surface area contributed by atoms with E-state index < -0.39 is 0 Å². The molecule has 0 fully saturated rings. The minimum atomic E-state index is 0.0944. The van der Waals surface area contributed by atoms with E-state index in [1.807, 2.05) is 49.1 Å². The molecule has 2 N–H and O–H groups in total. The lowest BCUT2D eigenvalue weighted by molar-refractivity contribution is 0.415. The van der Waals surface area contributed by atoms with Crippen molar-refractivity contribution < 1.29 is 4.74 Å². The summed E-state index contributed by atoms with van der Waals surface area (Å²) < 4.78 is 6.98. The summed E-state index contributed by atoms with van der Waals surface area (Å²) in [6.07, 6.45) is 1.86. The van der Waals surface area contributed by atoms with Crippen LogP contribution in [0.4, 0.5) is 5.69 Å². The van der Waals surface area contributed by atoms with E-state index in [2.05, 4.69) is 22.7 Å². The number of hydrogen-bond acceptors (Lipinski definition) is 3. The van der Waals surface area contributed by atoms with Gasteiger partial charge in [-0.05, 0) is 50.3 Å².